The summed E-state index contributed by atoms with van der Waals surface area (Å²) in [6.45, 7) is 5.37. The second-order valence-corrected chi connectivity index (χ2v) is 6.84. The highest BCUT2D eigenvalue weighted by Crippen LogP contribution is 2.25. The summed E-state index contributed by atoms with van der Waals surface area (Å²) in [5.41, 5.74) is 1.39. The average Bonchev–Trinajstić information content (AvgIpc) is 2.95. The van der Waals surface area contributed by atoms with E-state index in [-0.39, 0.29) is 24.3 Å². The number of anilines is 1. The van der Waals surface area contributed by atoms with E-state index in [2.05, 4.69) is 33.1 Å². The third-order valence-electron chi connectivity index (χ3n) is 3.20. The number of carbonyl (C=O) groups excluding carboxylic acids is 2. The summed E-state index contributed by atoms with van der Waals surface area (Å²) in [5, 5.41) is 7.67. The zero-order valence-electron chi connectivity index (χ0n) is 12.6. The Morgan fingerprint density at radius 1 is 1.39 bits per heavy atom. The van der Waals surface area contributed by atoms with Crippen LogP contribution in [-0.4, -0.2) is 11.8 Å². The van der Waals surface area contributed by atoms with Gasteiger partial charge < -0.3 is 10.6 Å². The first-order chi connectivity index (χ1) is 11.0. The number of thiophene rings is 1. The van der Waals surface area contributed by atoms with E-state index in [1.165, 1.54) is 6.08 Å². The summed E-state index contributed by atoms with van der Waals surface area (Å²) in [5.74, 6) is -0.392. The van der Waals surface area contributed by atoms with Crippen LogP contribution in [-0.2, 0) is 16.0 Å². The van der Waals surface area contributed by atoms with E-state index in [0.29, 0.717) is 5.69 Å². The molecule has 6 heteroatoms. The van der Waals surface area contributed by atoms with Crippen molar-refractivity contribution < 1.29 is 9.59 Å². The van der Waals surface area contributed by atoms with Gasteiger partial charge in [-0.05, 0) is 46.6 Å². The van der Waals surface area contributed by atoms with Crippen molar-refractivity contribution in [3.8, 4) is 0 Å². The van der Waals surface area contributed by atoms with Crippen LogP contribution in [0.3, 0.4) is 0 Å². The van der Waals surface area contributed by atoms with Gasteiger partial charge in [0.25, 0.3) is 0 Å². The molecule has 0 saturated heterocycles. The van der Waals surface area contributed by atoms with Crippen LogP contribution in [0.1, 0.15) is 23.4 Å². The van der Waals surface area contributed by atoms with E-state index >= 15 is 0 Å². The molecule has 120 valence electrons. The lowest BCUT2D eigenvalue weighted by molar-refractivity contribution is -0.121. The third kappa shape index (κ3) is 5.04. The zero-order valence-corrected chi connectivity index (χ0v) is 15.0. The van der Waals surface area contributed by atoms with E-state index in [0.717, 1.165) is 14.9 Å². The minimum absolute atomic E-state index is 0.0614. The van der Waals surface area contributed by atoms with Gasteiger partial charge in [-0.1, -0.05) is 24.8 Å². The van der Waals surface area contributed by atoms with Crippen molar-refractivity contribution in [1.82, 2.24) is 5.32 Å². The van der Waals surface area contributed by atoms with Crippen LogP contribution >= 0.6 is 27.3 Å². The summed E-state index contributed by atoms with van der Waals surface area (Å²) in [6, 6.07) is 9.18. The fraction of sp³-hybridized carbons (Fsp3) is 0.176. The highest BCUT2D eigenvalue weighted by molar-refractivity contribution is 9.10. The number of rotatable bonds is 6. The number of hydrogen-bond donors (Lipinski definition) is 2. The Kier molecular flexibility index (Phi) is 6.12. The fourth-order valence-corrected chi connectivity index (χ4v) is 3.53. The summed E-state index contributed by atoms with van der Waals surface area (Å²) in [7, 11) is 0. The van der Waals surface area contributed by atoms with Gasteiger partial charge >= 0.3 is 0 Å². The Morgan fingerprint density at radius 3 is 2.78 bits per heavy atom. The molecule has 2 aromatic rings. The van der Waals surface area contributed by atoms with E-state index < -0.39 is 0 Å². The predicted molar refractivity (Wildman–Crippen MR) is 97.5 cm³/mol. The first-order valence-electron chi connectivity index (χ1n) is 7.04. The van der Waals surface area contributed by atoms with Crippen molar-refractivity contribution in [2.45, 2.75) is 19.4 Å². The zero-order chi connectivity index (χ0) is 16.8. The molecule has 0 radical (unpaired) electrons. The quantitative estimate of drug-likeness (QED) is 0.728. The molecule has 2 amide bonds. The molecular formula is C17H17BrN2O2S. The molecule has 0 bridgehead atoms. The molecule has 2 N–H and O–H groups in total. The van der Waals surface area contributed by atoms with E-state index in [4.69, 9.17) is 0 Å². The number of nitrogens with one attached hydrogen (secondary N) is 2. The second kappa shape index (κ2) is 8.08. The summed E-state index contributed by atoms with van der Waals surface area (Å²) in [4.78, 5) is 24.8. The SMILES string of the molecule is C=CC(=O)Nc1ccccc1CC(=O)NC(C)c1cc(Br)cs1. The molecule has 1 aromatic carbocycles. The monoisotopic (exact) mass is 392 g/mol. The Labute approximate surface area is 147 Å². The van der Waals surface area contributed by atoms with Crippen molar-refractivity contribution in [3.05, 3.63) is 63.3 Å². The standard InChI is InChI=1S/C17H17BrN2O2S/c1-3-16(21)20-14-7-5-4-6-12(14)8-17(22)19-11(2)15-9-13(18)10-23-15/h3-7,9-11H,1,8H2,2H3,(H,19,22)(H,20,21). The smallest absolute Gasteiger partial charge is 0.247 e. The van der Waals surface area contributed by atoms with Crippen LogP contribution in [0.2, 0.25) is 0 Å². The maximum atomic E-state index is 12.3. The predicted octanol–water partition coefficient (Wildman–Crippen LogP) is 4.06. The largest absolute Gasteiger partial charge is 0.348 e. The van der Waals surface area contributed by atoms with E-state index in [1.54, 1.807) is 17.4 Å². The molecule has 1 atom stereocenters. The first kappa shape index (κ1) is 17.4. The molecule has 2 rings (SSSR count). The minimum Gasteiger partial charge on any atom is -0.348 e. The molecule has 0 saturated carbocycles. The maximum absolute atomic E-state index is 12.3. The van der Waals surface area contributed by atoms with Crippen molar-refractivity contribution in [2.24, 2.45) is 0 Å². The summed E-state index contributed by atoms with van der Waals surface area (Å²) < 4.78 is 1.01. The highest BCUT2D eigenvalue weighted by Gasteiger charge is 2.14. The number of para-hydroxylation sites is 1. The van der Waals surface area contributed by atoms with Crippen molar-refractivity contribution in [2.75, 3.05) is 5.32 Å². The van der Waals surface area contributed by atoms with Gasteiger partial charge in [0.2, 0.25) is 11.8 Å². The second-order valence-electron chi connectivity index (χ2n) is 4.98. The Hall–Kier alpha value is -1.92. The summed E-state index contributed by atoms with van der Waals surface area (Å²) >= 11 is 5.00. The molecule has 0 aliphatic rings. The molecule has 1 heterocycles. The van der Waals surface area contributed by atoms with Crippen molar-refractivity contribution in [3.63, 3.8) is 0 Å². The molecule has 4 nitrogen and oxygen atoms in total. The lowest BCUT2D eigenvalue weighted by Gasteiger charge is -2.14. The van der Waals surface area contributed by atoms with Gasteiger partial charge in [-0.3, -0.25) is 9.59 Å². The molecule has 0 fully saturated rings. The fourth-order valence-electron chi connectivity index (χ4n) is 2.07. The van der Waals surface area contributed by atoms with Crippen LogP contribution in [0.25, 0.3) is 0 Å². The van der Waals surface area contributed by atoms with Gasteiger partial charge in [-0.25, -0.2) is 0 Å². The highest BCUT2D eigenvalue weighted by atomic mass is 79.9. The van der Waals surface area contributed by atoms with Crippen LogP contribution in [0.15, 0.2) is 52.8 Å². The lowest BCUT2D eigenvalue weighted by atomic mass is 10.1. The molecule has 0 aliphatic carbocycles. The number of carbonyl (C=O) groups is 2. The number of hydrogen-bond acceptors (Lipinski definition) is 3. The van der Waals surface area contributed by atoms with E-state index in [9.17, 15) is 9.59 Å². The third-order valence-corrected chi connectivity index (χ3v) is 5.08. The number of benzene rings is 1. The normalized spacial score (nSPS) is 11.6. The lowest BCUT2D eigenvalue weighted by Crippen LogP contribution is -2.28. The first-order valence-corrected chi connectivity index (χ1v) is 8.71. The van der Waals surface area contributed by atoms with Gasteiger partial charge in [0.15, 0.2) is 0 Å². The van der Waals surface area contributed by atoms with Crippen molar-refractivity contribution >= 4 is 44.8 Å². The Morgan fingerprint density at radius 2 is 2.13 bits per heavy atom. The van der Waals surface area contributed by atoms with E-state index in [1.807, 2.05) is 36.6 Å². The Bertz CT molecular complexity index is 727. The topological polar surface area (TPSA) is 58.2 Å². The molecule has 0 aliphatic heterocycles. The van der Waals surface area contributed by atoms with Gasteiger partial charge in [-0.2, -0.15) is 0 Å². The molecule has 0 spiro atoms. The van der Waals surface area contributed by atoms with Crippen LogP contribution in [0, 0.1) is 0 Å². The van der Waals surface area contributed by atoms with Crippen LogP contribution in [0.5, 0.6) is 0 Å². The molecular weight excluding hydrogens is 376 g/mol. The number of amides is 2. The van der Waals surface area contributed by atoms with Gasteiger partial charge in [0.1, 0.15) is 0 Å². The van der Waals surface area contributed by atoms with Gasteiger partial charge in [0, 0.05) is 20.4 Å². The van der Waals surface area contributed by atoms with Gasteiger partial charge in [0.05, 0.1) is 12.5 Å². The molecule has 1 unspecified atom stereocenters. The maximum Gasteiger partial charge on any atom is 0.247 e. The molecule has 1 aromatic heterocycles. The Balaban J connectivity index is 2.02. The molecule has 23 heavy (non-hydrogen) atoms. The minimum atomic E-state index is -0.297. The van der Waals surface area contributed by atoms with Gasteiger partial charge in [-0.15, -0.1) is 11.3 Å². The summed E-state index contributed by atoms with van der Waals surface area (Å²) in [6.07, 6.45) is 1.40. The average molecular weight is 393 g/mol. The van der Waals surface area contributed by atoms with Crippen LogP contribution < -0.4 is 10.6 Å². The number of halogens is 1. The van der Waals surface area contributed by atoms with Crippen molar-refractivity contribution in [1.29, 1.82) is 0 Å². The van der Waals surface area contributed by atoms with Crippen LogP contribution in [0.4, 0.5) is 5.69 Å².